The van der Waals surface area contributed by atoms with Gasteiger partial charge in [0, 0.05) is 33.5 Å². The van der Waals surface area contributed by atoms with E-state index in [1.165, 1.54) is 7.11 Å². The highest BCUT2D eigenvalue weighted by atomic mass is 28.3. The van der Waals surface area contributed by atoms with Gasteiger partial charge >= 0.3 is 12.1 Å². The monoisotopic (exact) mass is 541 g/mol. The number of carbonyl (C=O) groups is 2. The molecule has 0 aliphatic heterocycles. The molecule has 2 heterocycles. The number of nitrogens with one attached hydrogen (secondary N) is 1. The Bertz CT molecular complexity index is 1230. The topological polar surface area (TPSA) is 101 Å². The first-order valence-electron chi connectivity index (χ1n) is 12.7. The standard InChI is InChI=1S/C28H39N3O6Si/c1-28(2,3)37-27(33)30-23(26(32)34-4)18-20-8-10-21(11-9-20)36-24-12-14-29-25-22(24)13-15-31(25)19-35-16-17-38(5,6)7/h8-15,23H,16-19H2,1-7H3,(H,30,33)/t23-/m0/s1. The van der Waals surface area contributed by atoms with Crippen LogP contribution in [0.25, 0.3) is 11.0 Å². The molecule has 1 atom stereocenters. The van der Waals surface area contributed by atoms with E-state index in [1.807, 2.05) is 47.2 Å². The summed E-state index contributed by atoms with van der Waals surface area (Å²) in [4.78, 5) is 28.9. The van der Waals surface area contributed by atoms with Crippen LogP contribution in [0.1, 0.15) is 26.3 Å². The van der Waals surface area contributed by atoms with Crippen molar-refractivity contribution < 1.29 is 28.5 Å². The molecule has 0 saturated heterocycles. The highest BCUT2D eigenvalue weighted by molar-refractivity contribution is 6.76. The summed E-state index contributed by atoms with van der Waals surface area (Å²) in [6.07, 6.45) is 3.23. The summed E-state index contributed by atoms with van der Waals surface area (Å²) < 4.78 is 24.1. The number of hydrogen-bond donors (Lipinski definition) is 1. The third-order valence-corrected chi connectivity index (χ3v) is 7.32. The van der Waals surface area contributed by atoms with Crippen molar-refractivity contribution in [1.82, 2.24) is 14.9 Å². The number of ether oxygens (including phenoxy) is 4. The van der Waals surface area contributed by atoms with Gasteiger partial charge in [0.05, 0.1) is 12.5 Å². The summed E-state index contributed by atoms with van der Waals surface area (Å²) in [6.45, 7) is 13.4. The van der Waals surface area contributed by atoms with Gasteiger partial charge in [0.2, 0.25) is 0 Å². The van der Waals surface area contributed by atoms with E-state index in [1.54, 1.807) is 27.0 Å². The number of fused-ring (bicyclic) bond motifs is 1. The lowest BCUT2D eigenvalue weighted by Gasteiger charge is -2.22. The number of methoxy groups -OCH3 is 1. The van der Waals surface area contributed by atoms with Crippen molar-refractivity contribution in [2.24, 2.45) is 0 Å². The summed E-state index contributed by atoms with van der Waals surface area (Å²) in [5.74, 6) is 0.766. The molecule has 0 aliphatic carbocycles. The SMILES string of the molecule is COC(=O)[C@H](Cc1ccc(Oc2ccnc3c2ccn3COCC[Si](C)(C)C)cc1)NC(=O)OC(C)(C)C. The molecule has 206 valence electrons. The molecule has 0 aliphatic rings. The van der Waals surface area contributed by atoms with Crippen LogP contribution in [0.15, 0.2) is 48.8 Å². The molecule has 1 N–H and O–H groups in total. The van der Waals surface area contributed by atoms with Gasteiger partial charge in [-0.25, -0.2) is 14.6 Å². The average molecular weight is 542 g/mol. The Morgan fingerprint density at radius 3 is 2.42 bits per heavy atom. The predicted octanol–water partition coefficient (Wildman–Crippen LogP) is 5.75. The molecular formula is C28H39N3O6Si. The molecule has 3 rings (SSSR count). The van der Waals surface area contributed by atoms with E-state index in [-0.39, 0.29) is 6.42 Å². The van der Waals surface area contributed by atoms with Crippen LogP contribution < -0.4 is 10.1 Å². The first-order valence-corrected chi connectivity index (χ1v) is 16.4. The Hall–Kier alpha value is -3.37. The van der Waals surface area contributed by atoms with Crippen molar-refractivity contribution in [3.63, 3.8) is 0 Å². The van der Waals surface area contributed by atoms with Gasteiger partial charge in [-0.3, -0.25) is 0 Å². The third-order valence-electron chi connectivity index (χ3n) is 5.62. The zero-order valence-electron chi connectivity index (χ0n) is 23.4. The van der Waals surface area contributed by atoms with E-state index in [9.17, 15) is 9.59 Å². The number of alkyl carbamates (subject to hydrolysis) is 1. The number of rotatable bonds is 11. The molecule has 10 heteroatoms. The molecule has 3 aromatic rings. The van der Waals surface area contributed by atoms with Crippen molar-refractivity contribution in [2.75, 3.05) is 13.7 Å². The highest BCUT2D eigenvalue weighted by Gasteiger charge is 2.25. The van der Waals surface area contributed by atoms with Crippen LogP contribution in [0.5, 0.6) is 11.5 Å². The van der Waals surface area contributed by atoms with Crippen LogP contribution in [0.4, 0.5) is 4.79 Å². The Morgan fingerprint density at radius 2 is 1.79 bits per heavy atom. The van der Waals surface area contributed by atoms with Crippen LogP contribution >= 0.6 is 0 Å². The maximum atomic E-state index is 12.2. The van der Waals surface area contributed by atoms with E-state index < -0.39 is 31.8 Å². The molecule has 0 bridgehead atoms. The molecule has 2 aromatic heterocycles. The summed E-state index contributed by atoms with van der Waals surface area (Å²) in [6, 6.07) is 11.4. The normalized spacial score (nSPS) is 12.7. The zero-order valence-corrected chi connectivity index (χ0v) is 24.4. The lowest BCUT2D eigenvalue weighted by Crippen LogP contribution is -2.45. The van der Waals surface area contributed by atoms with Crippen LogP contribution in [-0.4, -0.2) is 55.0 Å². The van der Waals surface area contributed by atoms with E-state index in [2.05, 4.69) is 29.9 Å². The summed E-state index contributed by atoms with van der Waals surface area (Å²) in [5.41, 5.74) is 0.940. The lowest BCUT2D eigenvalue weighted by molar-refractivity contribution is -0.143. The largest absolute Gasteiger partial charge is 0.467 e. The van der Waals surface area contributed by atoms with Crippen LogP contribution in [0, 0.1) is 0 Å². The predicted molar refractivity (Wildman–Crippen MR) is 149 cm³/mol. The number of esters is 1. The lowest BCUT2D eigenvalue weighted by atomic mass is 10.1. The number of nitrogens with zero attached hydrogens (tertiary/aromatic N) is 2. The second-order valence-corrected chi connectivity index (χ2v) is 17.0. The Labute approximate surface area is 225 Å². The van der Waals surface area contributed by atoms with Gasteiger partial charge in [-0.05, 0) is 56.6 Å². The molecule has 0 fully saturated rings. The smallest absolute Gasteiger partial charge is 0.408 e. The fourth-order valence-corrected chi connectivity index (χ4v) is 4.40. The Balaban J connectivity index is 1.65. The maximum Gasteiger partial charge on any atom is 0.408 e. The van der Waals surface area contributed by atoms with Crippen molar-refractivity contribution in [1.29, 1.82) is 0 Å². The van der Waals surface area contributed by atoms with Crippen LogP contribution in [-0.2, 0) is 32.2 Å². The minimum Gasteiger partial charge on any atom is -0.467 e. The fourth-order valence-electron chi connectivity index (χ4n) is 3.64. The van der Waals surface area contributed by atoms with E-state index in [0.717, 1.165) is 29.2 Å². The van der Waals surface area contributed by atoms with Gasteiger partial charge < -0.3 is 28.8 Å². The molecule has 0 radical (unpaired) electrons. The summed E-state index contributed by atoms with van der Waals surface area (Å²) in [7, 11) is 0.144. The van der Waals surface area contributed by atoms with Gasteiger partial charge in [0.25, 0.3) is 0 Å². The Kier molecular flexibility index (Phi) is 9.56. The van der Waals surface area contributed by atoms with Crippen molar-refractivity contribution in [3.05, 3.63) is 54.4 Å². The minimum absolute atomic E-state index is 0.242. The van der Waals surface area contributed by atoms with E-state index >= 15 is 0 Å². The van der Waals surface area contributed by atoms with Crippen molar-refractivity contribution in [2.45, 2.75) is 71.3 Å². The quantitative estimate of drug-likeness (QED) is 0.187. The minimum atomic E-state index is -1.14. The summed E-state index contributed by atoms with van der Waals surface area (Å²) >= 11 is 0. The van der Waals surface area contributed by atoms with Gasteiger partial charge in [-0.15, -0.1) is 0 Å². The number of amides is 1. The highest BCUT2D eigenvalue weighted by Crippen LogP contribution is 2.30. The van der Waals surface area contributed by atoms with E-state index in [0.29, 0.717) is 18.2 Å². The maximum absolute atomic E-state index is 12.2. The first-order chi connectivity index (χ1) is 17.8. The van der Waals surface area contributed by atoms with Crippen molar-refractivity contribution in [3.8, 4) is 11.5 Å². The number of aromatic nitrogens is 2. The number of benzene rings is 1. The van der Waals surface area contributed by atoms with Gasteiger partial charge in [-0.2, -0.15) is 0 Å². The molecule has 0 spiro atoms. The third kappa shape index (κ3) is 8.88. The molecule has 38 heavy (non-hydrogen) atoms. The van der Waals surface area contributed by atoms with Gasteiger partial charge in [0.15, 0.2) is 0 Å². The number of pyridine rings is 1. The first kappa shape index (κ1) is 29.2. The molecule has 1 amide bonds. The second-order valence-electron chi connectivity index (χ2n) is 11.4. The van der Waals surface area contributed by atoms with E-state index in [4.69, 9.17) is 18.9 Å². The van der Waals surface area contributed by atoms with Crippen LogP contribution in [0.2, 0.25) is 25.7 Å². The van der Waals surface area contributed by atoms with Crippen molar-refractivity contribution >= 4 is 31.2 Å². The molecule has 0 unspecified atom stereocenters. The fraction of sp³-hybridized carbons (Fsp3) is 0.464. The second kappa shape index (κ2) is 12.4. The van der Waals surface area contributed by atoms with Crippen LogP contribution in [0.3, 0.4) is 0 Å². The molecule has 1 aromatic carbocycles. The zero-order chi connectivity index (χ0) is 27.9. The Morgan fingerprint density at radius 1 is 1.08 bits per heavy atom. The summed E-state index contributed by atoms with van der Waals surface area (Å²) in [5, 5.41) is 3.48. The molecular weight excluding hydrogens is 502 g/mol. The van der Waals surface area contributed by atoms with Gasteiger partial charge in [-0.1, -0.05) is 31.8 Å². The average Bonchev–Trinajstić information content (AvgIpc) is 3.24. The number of hydrogen-bond acceptors (Lipinski definition) is 7. The van der Waals surface area contributed by atoms with Gasteiger partial charge in [0.1, 0.15) is 35.5 Å². The molecule has 0 saturated carbocycles. The number of carbonyl (C=O) groups excluding carboxylic acids is 2. The molecule has 9 nitrogen and oxygen atoms in total.